The molecule has 0 saturated carbocycles. The first-order chi connectivity index (χ1) is 12.2. The van der Waals surface area contributed by atoms with Crippen LogP contribution in [0.5, 0.6) is 5.75 Å². The normalized spacial score (nSPS) is 10.8. The summed E-state index contributed by atoms with van der Waals surface area (Å²) in [6, 6.07) is 14.6. The molecule has 0 amide bonds. The van der Waals surface area contributed by atoms with Gasteiger partial charge in [0.1, 0.15) is 5.75 Å². The Morgan fingerprint density at radius 1 is 0.840 bits per heavy atom. The van der Waals surface area contributed by atoms with Gasteiger partial charge in [0.05, 0.1) is 5.56 Å². The number of aryl methyl sites for hydroxylation is 1. The van der Waals surface area contributed by atoms with Crippen molar-refractivity contribution in [3.05, 3.63) is 65.2 Å². The molecule has 25 heavy (non-hydrogen) atoms. The van der Waals surface area contributed by atoms with Crippen LogP contribution < -0.4 is 0 Å². The van der Waals surface area contributed by atoms with E-state index in [1.165, 1.54) is 44.9 Å². The van der Waals surface area contributed by atoms with Crippen molar-refractivity contribution in [2.75, 3.05) is 0 Å². The van der Waals surface area contributed by atoms with E-state index in [9.17, 15) is 9.90 Å². The van der Waals surface area contributed by atoms with Crippen molar-refractivity contribution >= 4 is 5.78 Å². The van der Waals surface area contributed by atoms with Crippen LogP contribution in [0.2, 0.25) is 0 Å². The van der Waals surface area contributed by atoms with Crippen LogP contribution in [0.4, 0.5) is 0 Å². The van der Waals surface area contributed by atoms with Gasteiger partial charge in [-0.15, -0.1) is 0 Å². The number of carbonyl (C=O) groups is 1. The van der Waals surface area contributed by atoms with Crippen LogP contribution in [0.1, 0.15) is 79.8 Å². The van der Waals surface area contributed by atoms with Crippen molar-refractivity contribution in [2.24, 2.45) is 0 Å². The zero-order valence-electron chi connectivity index (χ0n) is 15.3. The molecule has 2 nitrogen and oxygen atoms in total. The summed E-state index contributed by atoms with van der Waals surface area (Å²) in [4.78, 5) is 12.4. The molecule has 2 rings (SSSR count). The van der Waals surface area contributed by atoms with Crippen LogP contribution in [0.15, 0.2) is 48.5 Å². The summed E-state index contributed by atoms with van der Waals surface area (Å²) in [5.41, 5.74) is 2.09. The largest absolute Gasteiger partial charge is 0.507 e. The fourth-order valence-electron chi connectivity index (χ4n) is 3.13. The summed E-state index contributed by atoms with van der Waals surface area (Å²) in [7, 11) is 0. The summed E-state index contributed by atoms with van der Waals surface area (Å²) < 4.78 is 0. The monoisotopic (exact) mass is 338 g/mol. The summed E-state index contributed by atoms with van der Waals surface area (Å²) in [5, 5.41) is 10.2. The van der Waals surface area contributed by atoms with Crippen molar-refractivity contribution in [3.63, 3.8) is 0 Å². The third-order valence-corrected chi connectivity index (χ3v) is 4.66. The fourth-order valence-corrected chi connectivity index (χ4v) is 3.13. The second-order valence-electron chi connectivity index (χ2n) is 6.77. The number of hydrogen-bond donors (Lipinski definition) is 1. The molecule has 0 radical (unpaired) electrons. The Balaban J connectivity index is 1.79. The van der Waals surface area contributed by atoms with Crippen LogP contribution in [-0.2, 0) is 6.42 Å². The van der Waals surface area contributed by atoms with Crippen LogP contribution in [-0.4, -0.2) is 10.9 Å². The number of carbonyl (C=O) groups excluding carboxylic acids is 1. The molecule has 2 heteroatoms. The molecule has 0 heterocycles. The number of unbranched alkanes of at least 4 members (excludes halogenated alkanes) is 7. The minimum Gasteiger partial charge on any atom is -0.507 e. The standard InChI is InChI=1S/C23H30O2/c1-2-3-4-5-6-7-8-10-13-19-16-17-21(22(24)18-19)23(25)20-14-11-9-12-15-20/h9,11-12,14-18,24H,2-8,10,13H2,1H3. The van der Waals surface area contributed by atoms with Crippen molar-refractivity contribution in [2.45, 2.75) is 64.7 Å². The quantitative estimate of drug-likeness (QED) is 0.385. The van der Waals surface area contributed by atoms with E-state index in [4.69, 9.17) is 0 Å². The van der Waals surface area contributed by atoms with Gasteiger partial charge in [-0.25, -0.2) is 0 Å². The lowest BCUT2D eigenvalue weighted by atomic mass is 9.98. The Labute approximate surface area is 151 Å². The van der Waals surface area contributed by atoms with Crippen LogP contribution in [0.3, 0.4) is 0 Å². The summed E-state index contributed by atoms with van der Waals surface area (Å²) >= 11 is 0. The smallest absolute Gasteiger partial charge is 0.196 e. The summed E-state index contributed by atoms with van der Waals surface area (Å²) in [5.74, 6) is -0.0392. The lowest BCUT2D eigenvalue weighted by Gasteiger charge is -2.07. The highest BCUT2D eigenvalue weighted by Crippen LogP contribution is 2.23. The maximum absolute atomic E-state index is 12.4. The van der Waals surface area contributed by atoms with E-state index in [2.05, 4.69) is 6.92 Å². The highest BCUT2D eigenvalue weighted by molar-refractivity contribution is 6.10. The number of ketones is 1. The average Bonchev–Trinajstić information content (AvgIpc) is 2.64. The second kappa shape index (κ2) is 10.7. The molecule has 0 fully saturated rings. The average molecular weight is 338 g/mol. The van der Waals surface area contributed by atoms with Gasteiger partial charge in [0.15, 0.2) is 5.78 Å². The third-order valence-electron chi connectivity index (χ3n) is 4.66. The van der Waals surface area contributed by atoms with Crippen molar-refractivity contribution in [1.29, 1.82) is 0 Å². The lowest BCUT2D eigenvalue weighted by Crippen LogP contribution is -2.02. The van der Waals surface area contributed by atoms with E-state index in [0.717, 1.165) is 18.4 Å². The van der Waals surface area contributed by atoms with Gasteiger partial charge >= 0.3 is 0 Å². The zero-order valence-corrected chi connectivity index (χ0v) is 15.3. The molecule has 134 valence electrons. The van der Waals surface area contributed by atoms with Crippen molar-refractivity contribution < 1.29 is 9.90 Å². The van der Waals surface area contributed by atoms with Gasteiger partial charge < -0.3 is 5.11 Å². The molecule has 0 aliphatic carbocycles. The van der Waals surface area contributed by atoms with Crippen molar-refractivity contribution in [3.8, 4) is 5.75 Å². The second-order valence-corrected chi connectivity index (χ2v) is 6.77. The van der Waals surface area contributed by atoms with Gasteiger partial charge in [-0.3, -0.25) is 4.79 Å². The van der Waals surface area contributed by atoms with E-state index in [1.54, 1.807) is 24.3 Å². The van der Waals surface area contributed by atoms with E-state index < -0.39 is 0 Å². The predicted molar refractivity (Wildman–Crippen MR) is 104 cm³/mol. The minimum atomic E-state index is -0.128. The minimum absolute atomic E-state index is 0.0888. The van der Waals surface area contributed by atoms with Crippen molar-refractivity contribution in [1.82, 2.24) is 0 Å². The Bertz CT molecular complexity index is 646. The maximum Gasteiger partial charge on any atom is 0.196 e. The zero-order chi connectivity index (χ0) is 17.9. The molecule has 0 aromatic heterocycles. The van der Waals surface area contributed by atoms with Gasteiger partial charge in [-0.2, -0.15) is 0 Å². The van der Waals surface area contributed by atoms with Gasteiger partial charge in [-0.05, 0) is 30.5 Å². The number of benzene rings is 2. The van der Waals surface area contributed by atoms with Crippen LogP contribution in [0, 0.1) is 0 Å². The first-order valence-corrected chi connectivity index (χ1v) is 9.64. The van der Waals surface area contributed by atoms with Gasteiger partial charge in [0.25, 0.3) is 0 Å². The Morgan fingerprint density at radius 2 is 1.48 bits per heavy atom. The maximum atomic E-state index is 12.4. The highest BCUT2D eigenvalue weighted by Gasteiger charge is 2.13. The molecule has 0 aliphatic rings. The number of hydrogen-bond acceptors (Lipinski definition) is 2. The molecule has 2 aromatic rings. The van der Waals surface area contributed by atoms with Crippen LogP contribution in [0.25, 0.3) is 0 Å². The lowest BCUT2D eigenvalue weighted by molar-refractivity contribution is 0.103. The molecule has 0 spiro atoms. The Kier molecular flexibility index (Phi) is 8.24. The topological polar surface area (TPSA) is 37.3 Å². The fraction of sp³-hybridized carbons (Fsp3) is 0.435. The first kappa shape index (κ1) is 19.2. The summed E-state index contributed by atoms with van der Waals surface area (Å²) in [6.45, 7) is 2.24. The third kappa shape index (κ3) is 6.38. The van der Waals surface area contributed by atoms with Gasteiger partial charge in [0, 0.05) is 5.56 Å². The Hall–Kier alpha value is -2.09. The van der Waals surface area contributed by atoms with E-state index in [1.807, 2.05) is 24.3 Å². The van der Waals surface area contributed by atoms with Crippen LogP contribution >= 0.6 is 0 Å². The van der Waals surface area contributed by atoms with E-state index in [-0.39, 0.29) is 11.5 Å². The molecular formula is C23H30O2. The molecule has 0 bridgehead atoms. The number of rotatable bonds is 11. The number of phenols is 1. The van der Waals surface area contributed by atoms with Gasteiger partial charge in [-0.1, -0.05) is 88.3 Å². The molecule has 0 aliphatic heterocycles. The van der Waals surface area contributed by atoms with E-state index >= 15 is 0 Å². The van der Waals surface area contributed by atoms with Gasteiger partial charge in [0.2, 0.25) is 0 Å². The SMILES string of the molecule is CCCCCCCCCCc1ccc(C(=O)c2ccccc2)c(O)c1. The summed E-state index contributed by atoms with van der Waals surface area (Å²) in [6.07, 6.45) is 11.3. The Morgan fingerprint density at radius 3 is 2.12 bits per heavy atom. The molecular weight excluding hydrogens is 308 g/mol. The molecule has 1 N–H and O–H groups in total. The van der Waals surface area contributed by atoms with E-state index in [0.29, 0.717) is 11.1 Å². The predicted octanol–water partition coefficient (Wildman–Crippen LogP) is 6.31. The first-order valence-electron chi connectivity index (χ1n) is 9.64. The molecule has 0 unspecified atom stereocenters. The molecule has 0 atom stereocenters. The molecule has 0 saturated heterocycles. The highest BCUT2D eigenvalue weighted by atomic mass is 16.3. The number of phenolic OH excluding ortho intramolecular Hbond substituents is 1. The number of aromatic hydroxyl groups is 1. The molecule has 2 aromatic carbocycles.